The monoisotopic (exact) mass is 269 g/mol. The van der Waals surface area contributed by atoms with Gasteiger partial charge in [-0.2, -0.15) is 0 Å². The van der Waals surface area contributed by atoms with E-state index < -0.39 is 0 Å². The zero-order chi connectivity index (χ0) is 13.1. The van der Waals surface area contributed by atoms with E-state index in [2.05, 4.69) is 6.92 Å². The number of nitrogens with two attached hydrogens (primary N) is 1. The largest absolute Gasteiger partial charge is 0.324 e. The summed E-state index contributed by atoms with van der Waals surface area (Å²) < 4.78 is 13.1. The Kier molecular flexibility index (Phi) is 4.63. The third-order valence-corrected chi connectivity index (χ3v) is 4.53. The fourth-order valence-electron chi connectivity index (χ4n) is 3.02. The van der Waals surface area contributed by atoms with Gasteiger partial charge in [0, 0.05) is 6.04 Å². The summed E-state index contributed by atoms with van der Waals surface area (Å²) in [7, 11) is 0. The third-order valence-electron chi connectivity index (χ3n) is 4.24. The predicted molar refractivity (Wildman–Crippen MR) is 74.1 cm³/mol. The standard InChI is InChI=1S/C15H21ClFN/c1-2-10-4-3-5-11(8-10)15(18)12-6-7-14(17)13(16)9-12/h6-7,9-11,15H,2-5,8,18H2,1H3. The van der Waals surface area contributed by atoms with Gasteiger partial charge in [0.15, 0.2) is 0 Å². The maximum absolute atomic E-state index is 13.1. The highest BCUT2D eigenvalue weighted by Crippen LogP contribution is 2.37. The molecule has 1 aromatic carbocycles. The van der Waals surface area contributed by atoms with Gasteiger partial charge in [-0.25, -0.2) is 4.39 Å². The summed E-state index contributed by atoms with van der Waals surface area (Å²) in [5.41, 5.74) is 7.29. The highest BCUT2D eigenvalue weighted by molar-refractivity contribution is 6.30. The molecular weight excluding hydrogens is 249 g/mol. The summed E-state index contributed by atoms with van der Waals surface area (Å²) in [5.74, 6) is 0.929. The molecule has 0 saturated heterocycles. The van der Waals surface area contributed by atoms with Crippen LogP contribution >= 0.6 is 11.6 Å². The number of hydrogen-bond donors (Lipinski definition) is 1. The Hall–Kier alpha value is -0.600. The number of halogens is 2. The Morgan fingerprint density at radius 3 is 2.89 bits per heavy atom. The van der Waals surface area contributed by atoms with Gasteiger partial charge in [0.1, 0.15) is 5.82 Å². The van der Waals surface area contributed by atoms with Crippen molar-refractivity contribution in [3.8, 4) is 0 Å². The minimum atomic E-state index is -0.373. The van der Waals surface area contributed by atoms with Crippen molar-refractivity contribution in [2.75, 3.05) is 0 Å². The lowest BCUT2D eigenvalue weighted by molar-refractivity contribution is 0.230. The molecule has 1 aliphatic rings. The second-order valence-electron chi connectivity index (χ2n) is 5.40. The fraction of sp³-hybridized carbons (Fsp3) is 0.600. The number of rotatable bonds is 3. The van der Waals surface area contributed by atoms with Gasteiger partial charge < -0.3 is 5.73 Å². The first-order chi connectivity index (χ1) is 8.61. The first kappa shape index (κ1) is 13.8. The van der Waals surface area contributed by atoms with Crippen molar-refractivity contribution in [1.82, 2.24) is 0 Å². The van der Waals surface area contributed by atoms with E-state index >= 15 is 0 Å². The Balaban J connectivity index is 2.10. The van der Waals surface area contributed by atoms with E-state index in [1.165, 1.54) is 38.2 Å². The smallest absolute Gasteiger partial charge is 0.141 e. The summed E-state index contributed by atoms with van der Waals surface area (Å²) in [5, 5.41) is 0.172. The van der Waals surface area contributed by atoms with Gasteiger partial charge in [-0.1, -0.05) is 43.9 Å². The Labute approximate surface area is 114 Å². The molecule has 1 nitrogen and oxygen atoms in total. The molecule has 1 saturated carbocycles. The lowest BCUT2D eigenvalue weighted by Crippen LogP contribution is -2.26. The zero-order valence-electron chi connectivity index (χ0n) is 10.8. The molecule has 0 aliphatic heterocycles. The minimum Gasteiger partial charge on any atom is -0.324 e. The Morgan fingerprint density at radius 2 is 2.22 bits per heavy atom. The van der Waals surface area contributed by atoms with Crippen LogP contribution in [0.4, 0.5) is 4.39 Å². The van der Waals surface area contributed by atoms with Crippen LogP contribution in [0.25, 0.3) is 0 Å². The molecule has 18 heavy (non-hydrogen) atoms. The van der Waals surface area contributed by atoms with Gasteiger partial charge in [-0.05, 0) is 42.4 Å². The SMILES string of the molecule is CCC1CCCC(C(N)c2ccc(F)c(Cl)c2)C1. The van der Waals surface area contributed by atoms with Crippen LogP contribution in [0.3, 0.4) is 0 Å². The second kappa shape index (κ2) is 6.03. The molecule has 0 bridgehead atoms. The zero-order valence-corrected chi connectivity index (χ0v) is 11.6. The quantitative estimate of drug-likeness (QED) is 0.846. The van der Waals surface area contributed by atoms with E-state index in [1.807, 2.05) is 0 Å². The maximum atomic E-state index is 13.1. The summed E-state index contributed by atoms with van der Waals surface area (Å²) in [4.78, 5) is 0. The van der Waals surface area contributed by atoms with Crippen molar-refractivity contribution in [2.45, 2.75) is 45.1 Å². The van der Waals surface area contributed by atoms with Gasteiger partial charge in [0.05, 0.1) is 5.02 Å². The first-order valence-electron chi connectivity index (χ1n) is 6.82. The fourth-order valence-corrected chi connectivity index (χ4v) is 3.21. The molecule has 3 atom stereocenters. The van der Waals surface area contributed by atoms with E-state index in [4.69, 9.17) is 17.3 Å². The highest BCUT2D eigenvalue weighted by Gasteiger charge is 2.26. The number of hydrogen-bond acceptors (Lipinski definition) is 1. The maximum Gasteiger partial charge on any atom is 0.141 e. The normalized spacial score (nSPS) is 26.0. The number of benzene rings is 1. The van der Waals surface area contributed by atoms with Gasteiger partial charge in [0.25, 0.3) is 0 Å². The summed E-state index contributed by atoms with van der Waals surface area (Å²) in [6.45, 7) is 2.24. The van der Waals surface area contributed by atoms with Crippen molar-refractivity contribution in [3.63, 3.8) is 0 Å². The van der Waals surface area contributed by atoms with Crippen LogP contribution in [-0.4, -0.2) is 0 Å². The molecule has 0 radical (unpaired) electrons. The molecule has 1 aromatic rings. The van der Waals surface area contributed by atoms with Crippen LogP contribution in [0.15, 0.2) is 18.2 Å². The van der Waals surface area contributed by atoms with Crippen molar-refractivity contribution in [3.05, 3.63) is 34.6 Å². The summed E-state index contributed by atoms with van der Waals surface area (Å²) >= 11 is 5.82. The lowest BCUT2D eigenvalue weighted by atomic mass is 9.75. The topological polar surface area (TPSA) is 26.0 Å². The minimum absolute atomic E-state index is 0.0163. The molecule has 1 fully saturated rings. The van der Waals surface area contributed by atoms with Crippen LogP contribution in [0.1, 0.15) is 50.6 Å². The molecule has 0 spiro atoms. The molecule has 100 valence electrons. The molecule has 2 rings (SSSR count). The van der Waals surface area contributed by atoms with E-state index in [0.717, 1.165) is 11.5 Å². The molecule has 2 N–H and O–H groups in total. The van der Waals surface area contributed by atoms with Crippen molar-refractivity contribution >= 4 is 11.6 Å². The van der Waals surface area contributed by atoms with E-state index in [-0.39, 0.29) is 16.9 Å². The molecule has 0 amide bonds. The lowest BCUT2D eigenvalue weighted by Gasteiger charge is -2.32. The van der Waals surface area contributed by atoms with E-state index in [0.29, 0.717) is 5.92 Å². The molecule has 0 heterocycles. The summed E-state index contributed by atoms with van der Waals surface area (Å²) in [6, 6.07) is 4.84. The molecule has 3 heteroatoms. The highest BCUT2D eigenvalue weighted by atomic mass is 35.5. The Bertz CT molecular complexity index is 407. The first-order valence-corrected chi connectivity index (χ1v) is 7.20. The van der Waals surface area contributed by atoms with Crippen molar-refractivity contribution in [1.29, 1.82) is 0 Å². The van der Waals surface area contributed by atoms with Gasteiger partial charge in [-0.3, -0.25) is 0 Å². The van der Waals surface area contributed by atoms with Crippen LogP contribution in [0.2, 0.25) is 5.02 Å². The van der Waals surface area contributed by atoms with Crippen molar-refractivity contribution < 1.29 is 4.39 Å². The van der Waals surface area contributed by atoms with Gasteiger partial charge in [-0.15, -0.1) is 0 Å². The predicted octanol–water partition coefficient (Wildman–Crippen LogP) is 4.70. The Morgan fingerprint density at radius 1 is 1.44 bits per heavy atom. The molecule has 0 aromatic heterocycles. The average molecular weight is 270 g/mol. The third kappa shape index (κ3) is 3.04. The molecule has 3 unspecified atom stereocenters. The molecule has 1 aliphatic carbocycles. The van der Waals surface area contributed by atoms with Crippen molar-refractivity contribution in [2.24, 2.45) is 17.6 Å². The second-order valence-corrected chi connectivity index (χ2v) is 5.81. The van der Waals surface area contributed by atoms with E-state index in [9.17, 15) is 4.39 Å². The van der Waals surface area contributed by atoms with Crippen LogP contribution in [0.5, 0.6) is 0 Å². The van der Waals surface area contributed by atoms with Crippen LogP contribution in [0, 0.1) is 17.7 Å². The van der Waals surface area contributed by atoms with Gasteiger partial charge in [0.2, 0.25) is 0 Å². The summed E-state index contributed by atoms with van der Waals surface area (Å²) in [6.07, 6.45) is 6.17. The van der Waals surface area contributed by atoms with Gasteiger partial charge >= 0.3 is 0 Å². The average Bonchev–Trinajstić information content (AvgIpc) is 2.41. The van der Waals surface area contributed by atoms with Crippen LogP contribution < -0.4 is 5.73 Å². The van der Waals surface area contributed by atoms with Crippen LogP contribution in [-0.2, 0) is 0 Å². The molecular formula is C15H21ClFN. The van der Waals surface area contributed by atoms with E-state index in [1.54, 1.807) is 12.1 Å².